The highest BCUT2D eigenvalue weighted by Crippen LogP contribution is 2.22. The minimum Gasteiger partial charge on any atom is -0.126 e. The molecule has 0 nitrogen and oxygen atoms in total. The summed E-state index contributed by atoms with van der Waals surface area (Å²) in [6, 6.07) is 21.0. The number of hydrogen-bond acceptors (Lipinski definition) is 1. The zero-order chi connectivity index (χ0) is 11.9. The number of allylic oxidation sites excluding steroid dienone is 1. The summed E-state index contributed by atoms with van der Waals surface area (Å²) in [6.45, 7) is 2.17. The van der Waals surface area contributed by atoms with Crippen molar-refractivity contribution in [2.24, 2.45) is 0 Å². The van der Waals surface area contributed by atoms with Crippen LogP contribution in [0, 0.1) is 0 Å². The van der Waals surface area contributed by atoms with E-state index in [2.05, 4.69) is 67.6 Å². The van der Waals surface area contributed by atoms with Crippen LogP contribution >= 0.6 is 11.8 Å². The van der Waals surface area contributed by atoms with Gasteiger partial charge in [-0.3, -0.25) is 0 Å². The third kappa shape index (κ3) is 4.12. The van der Waals surface area contributed by atoms with E-state index in [9.17, 15) is 0 Å². The molecule has 86 valence electrons. The third-order valence-electron chi connectivity index (χ3n) is 2.48. The van der Waals surface area contributed by atoms with Crippen LogP contribution in [0.15, 0.2) is 65.6 Å². The van der Waals surface area contributed by atoms with Gasteiger partial charge in [0, 0.05) is 5.75 Å². The van der Waals surface area contributed by atoms with Gasteiger partial charge in [0.15, 0.2) is 0 Å². The van der Waals surface area contributed by atoms with Crippen LogP contribution < -0.4 is 0 Å². The summed E-state index contributed by atoms with van der Waals surface area (Å²) in [5, 5.41) is 0. The average molecular weight is 240 g/mol. The topological polar surface area (TPSA) is 0 Å². The fourth-order valence-corrected chi connectivity index (χ4v) is 2.40. The Morgan fingerprint density at radius 3 is 2.18 bits per heavy atom. The fraction of sp³-hybridized carbons (Fsp3) is 0.125. The molecule has 17 heavy (non-hydrogen) atoms. The zero-order valence-electron chi connectivity index (χ0n) is 9.97. The van der Waals surface area contributed by atoms with Crippen LogP contribution in [-0.2, 0) is 5.75 Å². The molecule has 0 saturated heterocycles. The van der Waals surface area contributed by atoms with Crippen LogP contribution in [-0.4, -0.2) is 0 Å². The van der Waals surface area contributed by atoms with Crippen LogP contribution in [0.25, 0.3) is 6.08 Å². The minimum atomic E-state index is 1.04. The molecular weight excluding hydrogens is 224 g/mol. The lowest BCUT2D eigenvalue weighted by molar-refractivity contribution is 1.42. The Hall–Kier alpha value is -1.47. The molecule has 0 N–H and O–H groups in total. The summed E-state index contributed by atoms with van der Waals surface area (Å²) in [6.07, 6.45) is 2.23. The maximum absolute atomic E-state index is 2.23. The first-order valence-electron chi connectivity index (χ1n) is 5.75. The summed E-state index contributed by atoms with van der Waals surface area (Å²) in [4.78, 5) is 1.35. The van der Waals surface area contributed by atoms with Crippen LogP contribution in [0.5, 0.6) is 0 Å². The van der Waals surface area contributed by atoms with Crippen molar-refractivity contribution >= 4 is 17.8 Å². The van der Waals surface area contributed by atoms with E-state index in [0.717, 1.165) is 5.75 Å². The van der Waals surface area contributed by atoms with Gasteiger partial charge >= 0.3 is 0 Å². The van der Waals surface area contributed by atoms with Crippen molar-refractivity contribution in [2.45, 2.75) is 12.7 Å². The molecule has 2 aromatic rings. The molecule has 1 heteroatoms. The maximum Gasteiger partial charge on any atom is 0.0228 e. The van der Waals surface area contributed by atoms with Crippen molar-refractivity contribution in [3.8, 4) is 0 Å². The van der Waals surface area contributed by atoms with E-state index in [1.807, 2.05) is 17.8 Å². The second kappa shape index (κ2) is 6.31. The molecule has 0 unspecified atom stereocenters. The van der Waals surface area contributed by atoms with Gasteiger partial charge in [-0.15, -0.1) is 11.8 Å². The van der Waals surface area contributed by atoms with Crippen LogP contribution in [0.1, 0.15) is 18.1 Å². The molecule has 0 aliphatic rings. The molecule has 0 atom stereocenters. The van der Waals surface area contributed by atoms with Crippen LogP contribution in [0.2, 0.25) is 0 Å². The molecule has 0 aromatic heterocycles. The van der Waals surface area contributed by atoms with E-state index in [0.29, 0.717) is 0 Å². The van der Waals surface area contributed by atoms with E-state index in [1.165, 1.54) is 16.0 Å². The van der Waals surface area contributed by atoms with Crippen molar-refractivity contribution < 1.29 is 0 Å². The molecular formula is C16H16S. The molecule has 2 aromatic carbocycles. The molecule has 0 heterocycles. The molecule has 0 spiro atoms. The Bertz CT molecular complexity index is 471. The minimum absolute atomic E-state index is 1.04. The first-order valence-corrected chi connectivity index (χ1v) is 6.73. The van der Waals surface area contributed by atoms with Gasteiger partial charge < -0.3 is 0 Å². The van der Waals surface area contributed by atoms with E-state index in [1.54, 1.807) is 0 Å². The molecule has 2 rings (SSSR count). The predicted molar refractivity (Wildman–Crippen MR) is 77.8 cm³/mol. The van der Waals surface area contributed by atoms with Crippen LogP contribution in [0.3, 0.4) is 0 Å². The molecule has 0 radical (unpaired) electrons. The second-order valence-corrected chi connectivity index (χ2v) is 5.16. The van der Waals surface area contributed by atoms with Gasteiger partial charge in [-0.05, 0) is 29.0 Å². The first-order chi connectivity index (χ1) is 8.34. The number of thioether (sulfide) groups is 1. The lowest BCUT2D eigenvalue weighted by Gasteiger charge is -2.02. The molecule has 0 aliphatic carbocycles. The normalized spacial score (nSPS) is 11.5. The monoisotopic (exact) mass is 240 g/mol. The fourth-order valence-electron chi connectivity index (χ4n) is 1.60. The highest BCUT2D eigenvalue weighted by molar-refractivity contribution is 8.02. The van der Waals surface area contributed by atoms with Crippen molar-refractivity contribution in [3.05, 3.63) is 76.7 Å². The van der Waals surface area contributed by atoms with Crippen molar-refractivity contribution in [2.75, 3.05) is 0 Å². The molecule has 0 bridgehead atoms. The Morgan fingerprint density at radius 1 is 0.941 bits per heavy atom. The average Bonchev–Trinajstić information content (AvgIpc) is 2.39. The number of benzene rings is 2. The van der Waals surface area contributed by atoms with Crippen molar-refractivity contribution in [1.29, 1.82) is 0 Å². The highest BCUT2D eigenvalue weighted by atomic mass is 32.2. The highest BCUT2D eigenvalue weighted by Gasteiger charge is 1.94. The quantitative estimate of drug-likeness (QED) is 0.726. The van der Waals surface area contributed by atoms with E-state index >= 15 is 0 Å². The second-order valence-electron chi connectivity index (χ2n) is 3.94. The third-order valence-corrected chi connectivity index (χ3v) is 3.53. The van der Waals surface area contributed by atoms with Gasteiger partial charge in [0.05, 0.1) is 0 Å². The summed E-state index contributed by atoms with van der Waals surface area (Å²) in [5.41, 5.74) is 2.64. The Morgan fingerprint density at radius 2 is 1.53 bits per heavy atom. The number of rotatable bonds is 4. The Kier molecular flexibility index (Phi) is 4.45. The van der Waals surface area contributed by atoms with Gasteiger partial charge in [-0.25, -0.2) is 0 Å². The maximum atomic E-state index is 2.23. The summed E-state index contributed by atoms with van der Waals surface area (Å²) in [5.74, 6) is 1.04. The lowest BCUT2D eigenvalue weighted by Crippen LogP contribution is -1.79. The van der Waals surface area contributed by atoms with Gasteiger partial charge in [0.1, 0.15) is 0 Å². The van der Waals surface area contributed by atoms with E-state index in [4.69, 9.17) is 0 Å². The Labute approximate surface area is 107 Å². The summed E-state index contributed by atoms with van der Waals surface area (Å²) < 4.78 is 0. The van der Waals surface area contributed by atoms with E-state index < -0.39 is 0 Å². The van der Waals surface area contributed by atoms with Gasteiger partial charge in [0.2, 0.25) is 0 Å². The Balaban J connectivity index is 1.94. The summed E-state index contributed by atoms with van der Waals surface area (Å²) >= 11 is 1.89. The lowest BCUT2D eigenvalue weighted by atomic mass is 10.2. The van der Waals surface area contributed by atoms with Gasteiger partial charge in [-0.1, -0.05) is 60.7 Å². The van der Waals surface area contributed by atoms with Crippen molar-refractivity contribution in [3.63, 3.8) is 0 Å². The standard InChI is InChI=1S/C16H16S/c1-14(12-15-8-4-2-5-9-15)17-13-16-10-6-3-7-11-16/h2-12H,13H2,1H3/b14-12-. The van der Waals surface area contributed by atoms with Gasteiger partial charge in [-0.2, -0.15) is 0 Å². The van der Waals surface area contributed by atoms with Crippen molar-refractivity contribution in [1.82, 2.24) is 0 Å². The zero-order valence-corrected chi connectivity index (χ0v) is 10.8. The largest absolute Gasteiger partial charge is 0.126 e. The molecule has 0 aliphatic heterocycles. The first kappa shape index (κ1) is 12.0. The molecule has 0 amide bonds. The molecule has 0 fully saturated rings. The predicted octanol–water partition coefficient (Wildman–Crippen LogP) is 4.98. The van der Waals surface area contributed by atoms with Gasteiger partial charge in [0.25, 0.3) is 0 Å². The summed E-state index contributed by atoms with van der Waals surface area (Å²) in [7, 11) is 0. The molecule has 0 saturated carbocycles. The van der Waals surface area contributed by atoms with Crippen LogP contribution in [0.4, 0.5) is 0 Å². The van der Waals surface area contributed by atoms with E-state index in [-0.39, 0.29) is 0 Å². The number of hydrogen-bond donors (Lipinski definition) is 0. The SMILES string of the molecule is C/C(=C/c1ccccc1)SCc1ccccc1. The smallest absolute Gasteiger partial charge is 0.0228 e.